The van der Waals surface area contributed by atoms with Crippen LogP contribution in [-0.4, -0.2) is 34.3 Å². The zero-order valence-electron chi connectivity index (χ0n) is 20.5. The zero-order chi connectivity index (χ0) is 25.5. The van der Waals surface area contributed by atoms with Crippen LogP contribution in [0, 0.1) is 19.7 Å². The third-order valence-electron chi connectivity index (χ3n) is 4.77. The maximum Gasteiger partial charge on any atom is 0.343 e. The molecule has 0 aromatic carbocycles. The van der Waals surface area contributed by atoms with Crippen LogP contribution in [0.5, 0.6) is 0 Å². The van der Waals surface area contributed by atoms with Crippen LogP contribution in [0.3, 0.4) is 0 Å². The van der Waals surface area contributed by atoms with Gasteiger partial charge in [0.15, 0.2) is 0 Å². The largest absolute Gasteiger partial charge is 0.462 e. The predicted molar refractivity (Wildman–Crippen MR) is 124 cm³/mol. The third kappa shape index (κ3) is 6.63. The van der Waals surface area contributed by atoms with E-state index >= 15 is 0 Å². The summed E-state index contributed by atoms with van der Waals surface area (Å²) in [6, 6.07) is 4.03. The fourth-order valence-electron chi connectivity index (χ4n) is 3.32. The molecular formula is C24H33FN2O6. The highest BCUT2D eigenvalue weighted by Crippen LogP contribution is 2.12. The van der Waals surface area contributed by atoms with Gasteiger partial charge in [-0.2, -0.15) is 0 Å². The van der Waals surface area contributed by atoms with Gasteiger partial charge in [-0.05, 0) is 73.6 Å². The number of rotatable bonds is 6. The number of aromatic nitrogens is 2. The molecule has 0 bridgehead atoms. The van der Waals surface area contributed by atoms with E-state index in [0.717, 1.165) is 11.8 Å². The Morgan fingerprint density at radius 3 is 1.76 bits per heavy atom. The quantitative estimate of drug-likeness (QED) is 0.600. The molecule has 0 aliphatic rings. The minimum atomic E-state index is -0.786. The number of esters is 2. The van der Waals surface area contributed by atoms with Gasteiger partial charge in [-0.15, -0.1) is 0 Å². The molecule has 0 atom stereocenters. The zero-order valence-corrected chi connectivity index (χ0v) is 20.5. The Labute approximate surface area is 193 Å². The SMILES string of the molecule is CCOC(=O)c1cc(F)c(C)n(C(C)C)c1=O.CCOC(=O)c1ccc(C)n(C(C)C)c1=O. The predicted octanol–water partition coefficient (Wildman–Crippen LogP) is 3.97. The van der Waals surface area contributed by atoms with E-state index in [0.29, 0.717) is 0 Å². The standard InChI is InChI=1S/C12H16FNO3.C12H17NO3/c1-5-17-12(16)9-6-10(13)8(4)14(7(2)3)11(9)15;1-5-16-12(15)10-7-6-9(4)13(8(2)3)11(10)14/h6-7H,5H2,1-4H3;6-8H,5H2,1-4H3. The van der Waals surface area contributed by atoms with Crippen molar-refractivity contribution in [2.24, 2.45) is 0 Å². The van der Waals surface area contributed by atoms with Crippen molar-refractivity contribution in [2.45, 2.75) is 67.5 Å². The van der Waals surface area contributed by atoms with Crippen LogP contribution in [0.1, 0.15) is 85.7 Å². The lowest BCUT2D eigenvalue weighted by Crippen LogP contribution is -2.31. The van der Waals surface area contributed by atoms with Gasteiger partial charge in [-0.1, -0.05) is 0 Å². The van der Waals surface area contributed by atoms with Crippen molar-refractivity contribution < 1.29 is 23.5 Å². The summed E-state index contributed by atoms with van der Waals surface area (Å²) in [4.78, 5) is 47.0. The van der Waals surface area contributed by atoms with Crippen LogP contribution in [0.15, 0.2) is 27.8 Å². The van der Waals surface area contributed by atoms with Gasteiger partial charge in [0.2, 0.25) is 0 Å². The molecule has 0 N–H and O–H groups in total. The lowest BCUT2D eigenvalue weighted by atomic mass is 10.2. The summed E-state index contributed by atoms with van der Waals surface area (Å²) in [6.07, 6.45) is 0. The Bertz CT molecular complexity index is 1120. The molecule has 182 valence electrons. The topological polar surface area (TPSA) is 96.6 Å². The van der Waals surface area contributed by atoms with Crippen LogP contribution in [0.4, 0.5) is 4.39 Å². The van der Waals surface area contributed by atoms with Gasteiger partial charge in [-0.3, -0.25) is 9.59 Å². The fraction of sp³-hybridized carbons (Fsp3) is 0.500. The van der Waals surface area contributed by atoms with Crippen LogP contribution in [0.25, 0.3) is 0 Å². The summed E-state index contributed by atoms with van der Waals surface area (Å²) in [5.74, 6) is -1.92. The smallest absolute Gasteiger partial charge is 0.343 e. The molecule has 8 nitrogen and oxygen atoms in total. The first kappa shape index (κ1) is 27.8. The number of hydrogen-bond acceptors (Lipinski definition) is 6. The molecule has 2 heterocycles. The molecule has 0 spiro atoms. The molecule has 0 amide bonds. The van der Waals surface area contributed by atoms with Gasteiger partial charge in [0.05, 0.1) is 18.9 Å². The van der Waals surface area contributed by atoms with E-state index in [9.17, 15) is 23.6 Å². The van der Waals surface area contributed by atoms with Crippen molar-refractivity contribution in [3.05, 3.63) is 67.2 Å². The summed E-state index contributed by atoms with van der Waals surface area (Å²) >= 11 is 0. The first-order valence-corrected chi connectivity index (χ1v) is 10.9. The minimum Gasteiger partial charge on any atom is -0.462 e. The van der Waals surface area contributed by atoms with Crippen molar-refractivity contribution in [2.75, 3.05) is 13.2 Å². The number of hydrogen-bond donors (Lipinski definition) is 0. The maximum atomic E-state index is 13.6. The molecule has 2 aromatic rings. The molecule has 2 rings (SSSR count). The molecule has 0 saturated heterocycles. The fourth-order valence-corrected chi connectivity index (χ4v) is 3.32. The molecule has 0 aliphatic heterocycles. The normalized spacial score (nSPS) is 10.6. The van der Waals surface area contributed by atoms with E-state index in [1.807, 2.05) is 20.8 Å². The highest BCUT2D eigenvalue weighted by molar-refractivity contribution is 5.89. The number of aryl methyl sites for hydroxylation is 1. The van der Waals surface area contributed by atoms with Crippen LogP contribution in [0.2, 0.25) is 0 Å². The van der Waals surface area contributed by atoms with Gasteiger partial charge < -0.3 is 18.6 Å². The van der Waals surface area contributed by atoms with Crippen LogP contribution in [-0.2, 0) is 9.47 Å². The summed E-state index contributed by atoms with van der Waals surface area (Å²) < 4.78 is 26.0. The van der Waals surface area contributed by atoms with Gasteiger partial charge in [-0.25, -0.2) is 14.0 Å². The van der Waals surface area contributed by atoms with Gasteiger partial charge in [0, 0.05) is 17.8 Å². The van der Waals surface area contributed by atoms with Crippen LogP contribution < -0.4 is 11.1 Å². The number of pyridine rings is 2. The Morgan fingerprint density at radius 1 is 0.848 bits per heavy atom. The van der Waals surface area contributed by atoms with E-state index in [-0.39, 0.29) is 47.7 Å². The summed E-state index contributed by atoms with van der Waals surface area (Å²) in [6.45, 7) is 14.4. The average Bonchev–Trinajstić information content (AvgIpc) is 2.71. The highest BCUT2D eigenvalue weighted by Gasteiger charge is 2.19. The molecule has 0 unspecified atom stereocenters. The molecule has 0 saturated carbocycles. The van der Waals surface area contributed by atoms with E-state index in [4.69, 9.17) is 9.47 Å². The number of nitrogens with zero attached hydrogens (tertiary/aromatic N) is 2. The van der Waals surface area contributed by atoms with Crippen molar-refractivity contribution in [1.82, 2.24) is 9.13 Å². The van der Waals surface area contributed by atoms with Crippen LogP contribution >= 0.6 is 0 Å². The van der Waals surface area contributed by atoms with E-state index in [2.05, 4.69) is 0 Å². The Kier molecular flexibility index (Phi) is 10.2. The number of carbonyl (C=O) groups excluding carboxylic acids is 2. The Hall–Kier alpha value is -3.23. The summed E-state index contributed by atoms with van der Waals surface area (Å²) in [7, 11) is 0. The molecule has 9 heteroatoms. The third-order valence-corrected chi connectivity index (χ3v) is 4.77. The minimum absolute atomic E-state index is 0.0295. The second kappa shape index (κ2) is 12.1. The van der Waals surface area contributed by atoms with Crippen molar-refractivity contribution in [1.29, 1.82) is 0 Å². The summed E-state index contributed by atoms with van der Waals surface area (Å²) in [5.41, 5.74) is 0.0988. The number of carbonyl (C=O) groups is 2. The van der Waals surface area contributed by atoms with Crippen molar-refractivity contribution >= 4 is 11.9 Å². The first-order chi connectivity index (χ1) is 15.4. The van der Waals surface area contributed by atoms with Gasteiger partial charge >= 0.3 is 11.9 Å². The van der Waals surface area contributed by atoms with Crippen molar-refractivity contribution in [3.63, 3.8) is 0 Å². The second-order valence-electron chi connectivity index (χ2n) is 7.86. The first-order valence-electron chi connectivity index (χ1n) is 10.9. The van der Waals surface area contributed by atoms with Crippen molar-refractivity contribution in [3.8, 4) is 0 Å². The Morgan fingerprint density at radius 2 is 1.30 bits per heavy atom. The lowest BCUT2D eigenvalue weighted by Gasteiger charge is -2.15. The molecule has 0 radical (unpaired) electrons. The lowest BCUT2D eigenvalue weighted by molar-refractivity contribution is 0.0513. The molecule has 0 fully saturated rings. The number of halogens is 1. The van der Waals surface area contributed by atoms with Gasteiger partial charge in [0.1, 0.15) is 16.9 Å². The molecule has 2 aromatic heterocycles. The highest BCUT2D eigenvalue weighted by atomic mass is 19.1. The maximum absolute atomic E-state index is 13.6. The van der Waals surface area contributed by atoms with Gasteiger partial charge in [0.25, 0.3) is 11.1 Å². The summed E-state index contributed by atoms with van der Waals surface area (Å²) in [5, 5.41) is 0. The average molecular weight is 465 g/mol. The monoisotopic (exact) mass is 464 g/mol. The van der Waals surface area contributed by atoms with E-state index in [1.165, 1.54) is 17.6 Å². The Balaban J connectivity index is 0.000000331. The molecule has 33 heavy (non-hydrogen) atoms. The van der Waals surface area contributed by atoms with E-state index < -0.39 is 23.3 Å². The molecular weight excluding hydrogens is 431 g/mol. The number of ether oxygens (including phenoxy) is 2. The molecule has 0 aliphatic carbocycles. The van der Waals surface area contributed by atoms with E-state index in [1.54, 1.807) is 38.3 Å². The second-order valence-corrected chi connectivity index (χ2v) is 7.86.